The lowest BCUT2D eigenvalue weighted by atomic mass is 9.99. The quantitative estimate of drug-likeness (QED) is 0.821. The van der Waals surface area contributed by atoms with Gasteiger partial charge in [0.1, 0.15) is 5.82 Å². The Morgan fingerprint density at radius 1 is 1.05 bits per heavy atom. The highest BCUT2D eigenvalue weighted by molar-refractivity contribution is 5.54. The second-order valence-corrected chi connectivity index (χ2v) is 5.58. The van der Waals surface area contributed by atoms with Crippen LogP contribution >= 0.6 is 0 Å². The lowest BCUT2D eigenvalue weighted by Gasteiger charge is -2.18. The van der Waals surface area contributed by atoms with Crippen molar-refractivity contribution < 1.29 is 4.39 Å². The average molecular weight is 284 g/mol. The normalized spacial score (nSPS) is 13.6. The standard InChI is InChI=1S/C18H21FN2/c19-17-6-3-15(4-7-17)13-20-11-9-14-5-8-18-16(12-14)2-1-10-21-18/h3-8,12,20-21H,1-2,9-11,13H2. The van der Waals surface area contributed by atoms with E-state index in [4.69, 9.17) is 0 Å². The number of hydrogen-bond donors (Lipinski definition) is 2. The number of hydrogen-bond acceptors (Lipinski definition) is 2. The highest BCUT2D eigenvalue weighted by Gasteiger charge is 2.08. The second-order valence-electron chi connectivity index (χ2n) is 5.58. The molecule has 0 spiro atoms. The summed E-state index contributed by atoms with van der Waals surface area (Å²) in [5.41, 5.74) is 5.23. The predicted octanol–water partition coefficient (Wildman–Crippen LogP) is 3.52. The van der Waals surface area contributed by atoms with Crippen LogP contribution in [0, 0.1) is 5.82 Å². The van der Waals surface area contributed by atoms with Crippen LogP contribution < -0.4 is 10.6 Å². The van der Waals surface area contributed by atoms with Crippen molar-refractivity contribution in [1.82, 2.24) is 5.32 Å². The summed E-state index contributed by atoms with van der Waals surface area (Å²) in [6, 6.07) is 13.4. The number of fused-ring (bicyclic) bond motifs is 1. The third-order valence-corrected chi connectivity index (χ3v) is 3.94. The van der Waals surface area contributed by atoms with Gasteiger partial charge < -0.3 is 10.6 Å². The van der Waals surface area contributed by atoms with Gasteiger partial charge in [0.05, 0.1) is 0 Å². The molecule has 2 N–H and O–H groups in total. The number of benzene rings is 2. The molecule has 0 aromatic heterocycles. The highest BCUT2D eigenvalue weighted by atomic mass is 19.1. The molecule has 3 heteroatoms. The zero-order valence-corrected chi connectivity index (χ0v) is 12.2. The number of halogens is 1. The Morgan fingerprint density at radius 3 is 2.71 bits per heavy atom. The first kappa shape index (κ1) is 14.1. The van der Waals surface area contributed by atoms with E-state index in [1.165, 1.54) is 41.8 Å². The maximum atomic E-state index is 12.8. The van der Waals surface area contributed by atoms with E-state index < -0.39 is 0 Å². The van der Waals surface area contributed by atoms with Crippen molar-refractivity contribution in [3.05, 3.63) is 65.0 Å². The summed E-state index contributed by atoms with van der Waals surface area (Å²) in [7, 11) is 0. The second kappa shape index (κ2) is 6.72. The first-order chi connectivity index (χ1) is 10.3. The number of rotatable bonds is 5. The van der Waals surface area contributed by atoms with Crippen molar-refractivity contribution in [2.75, 3.05) is 18.4 Å². The highest BCUT2D eigenvalue weighted by Crippen LogP contribution is 2.22. The Hall–Kier alpha value is -1.87. The molecule has 0 saturated heterocycles. The van der Waals surface area contributed by atoms with E-state index in [2.05, 4.69) is 28.8 Å². The van der Waals surface area contributed by atoms with E-state index in [0.717, 1.165) is 31.6 Å². The van der Waals surface area contributed by atoms with Crippen LogP contribution in [0.15, 0.2) is 42.5 Å². The van der Waals surface area contributed by atoms with Gasteiger partial charge in [0.2, 0.25) is 0 Å². The van der Waals surface area contributed by atoms with Gasteiger partial charge in [-0.05, 0) is 60.7 Å². The summed E-state index contributed by atoms with van der Waals surface area (Å²) in [6.07, 6.45) is 3.42. The predicted molar refractivity (Wildman–Crippen MR) is 85.1 cm³/mol. The molecule has 0 radical (unpaired) electrons. The van der Waals surface area contributed by atoms with E-state index >= 15 is 0 Å². The Kier molecular flexibility index (Phi) is 4.51. The minimum atomic E-state index is -0.179. The van der Waals surface area contributed by atoms with Crippen LogP contribution in [0.2, 0.25) is 0 Å². The molecule has 110 valence electrons. The number of nitrogens with one attached hydrogen (secondary N) is 2. The lowest BCUT2D eigenvalue weighted by Crippen LogP contribution is -2.17. The molecule has 2 nitrogen and oxygen atoms in total. The largest absolute Gasteiger partial charge is 0.385 e. The first-order valence-electron chi connectivity index (χ1n) is 7.62. The molecule has 2 aromatic rings. The fourth-order valence-electron chi connectivity index (χ4n) is 2.75. The summed E-state index contributed by atoms with van der Waals surface area (Å²) in [5.74, 6) is -0.179. The topological polar surface area (TPSA) is 24.1 Å². The van der Waals surface area contributed by atoms with Gasteiger partial charge in [0, 0.05) is 18.8 Å². The molecule has 21 heavy (non-hydrogen) atoms. The Balaban J connectivity index is 1.48. The molecule has 0 amide bonds. The molecule has 1 aliphatic heterocycles. The molecular formula is C18H21FN2. The molecule has 0 aliphatic carbocycles. The van der Waals surface area contributed by atoms with Crippen molar-refractivity contribution in [1.29, 1.82) is 0 Å². The minimum absolute atomic E-state index is 0.179. The first-order valence-corrected chi connectivity index (χ1v) is 7.62. The van der Waals surface area contributed by atoms with Gasteiger partial charge in [-0.25, -0.2) is 4.39 Å². The molecule has 1 aliphatic rings. The summed E-state index contributed by atoms with van der Waals surface area (Å²) in [4.78, 5) is 0. The van der Waals surface area contributed by atoms with Gasteiger partial charge >= 0.3 is 0 Å². The van der Waals surface area contributed by atoms with Crippen molar-refractivity contribution in [2.45, 2.75) is 25.8 Å². The smallest absolute Gasteiger partial charge is 0.123 e. The van der Waals surface area contributed by atoms with Gasteiger partial charge in [-0.3, -0.25) is 0 Å². The number of anilines is 1. The van der Waals surface area contributed by atoms with E-state index in [1.54, 1.807) is 0 Å². The van der Waals surface area contributed by atoms with Crippen LogP contribution in [0.3, 0.4) is 0 Å². The molecule has 0 saturated carbocycles. The monoisotopic (exact) mass is 284 g/mol. The van der Waals surface area contributed by atoms with E-state index in [-0.39, 0.29) is 5.82 Å². The Labute approximate surface area is 125 Å². The van der Waals surface area contributed by atoms with Crippen molar-refractivity contribution >= 4 is 5.69 Å². The summed E-state index contributed by atoms with van der Waals surface area (Å²) in [5, 5.41) is 6.85. The minimum Gasteiger partial charge on any atom is -0.385 e. The third kappa shape index (κ3) is 3.82. The van der Waals surface area contributed by atoms with E-state index in [1.807, 2.05) is 12.1 Å². The average Bonchev–Trinajstić information content (AvgIpc) is 2.53. The Morgan fingerprint density at radius 2 is 1.86 bits per heavy atom. The molecule has 3 rings (SSSR count). The molecule has 1 heterocycles. The molecule has 0 atom stereocenters. The summed E-state index contributed by atoms with van der Waals surface area (Å²) >= 11 is 0. The lowest BCUT2D eigenvalue weighted by molar-refractivity contribution is 0.625. The van der Waals surface area contributed by atoms with Gasteiger partial charge in [0.15, 0.2) is 0 Å². The van der Waals surface area contributed by atoms with Crippen LogP contribution in [-0.2, 0) is 19.4 Å². The zero-order chi connectivity index (χ0) is 14.5. The molecule has 0 fully saturated rings. The zero-order valence-electron chi connectivity index (χ0n) is 12.2. The molecule has 2 aromatic carbocycles. The van der Waals surface area contributed by atoms with E-state index in [0.29, 0.717) is 0 Å². The summed E-state index contributed by atoms with van der Waals surface area (Å²) < 4.78 is 12.8. The number of aryl methyl sites for hydroxylation is 1. The van der Waals surface area contributed by atoms with Gasteiger partial charge in [-0.2, -0.15) is 0 Å². The third-order valence-electron chi connectivity index (χ3n) is 3.94. The van der Waals surface area contributed by atoms with Crippen LogP contribution in [0.25, 0.3) is 0 Å². The van der Waals surface area contributed by atoms with Crippen LogP contribution in [0.1, 0.15) is 23.1 Å². The Bertz CT molecular complexity index is 593. The SMILES string of the molecule is Fc1ccc(CNCCc2ccc3c(c2)CCCN3)cc1. The van der Waals surface area contributed by atoms with E-state index in [9.17, 15) is 4.39 Å². The van der Waals surface area contributed by atoms with Crippen molar-refractivity contribution in [3.63, 3.8) is 0 Å². The van der Waals surface area contributed by atoms with Gasteiger partial charge in [0.25, 0.3) is 0 Å². The van der Waals surface area contributed by atoms with Crippen LogP contribution in [-0.4, -0.2) is 13.1 Å². The van der Waals surface area contributed by atoms with Crippen LogP contribution in [0.5, 0.6) is 0 Å². The maximum absolute atomic E-state index is 12.8. The molecule has 0 unspecified atom stereocenters. The fraction of sp³-hybridized carbons (Fsp3) is 0.333. The maximum Gasteiger partial charge on any atom is 0.123 e. The van der Waals surface area contributed by atoms with Gasteiger partial charge in [-0.15, -0.1) is 0 Å². The van der Waals surface area contributed by atoms with Crippen molar-refractivity contribution in [3.8, 4) is 0 Å². The van der Waals surface area contributed by atoms with Crippen molar-refractivity contribution in [2.24, 2.45) is 0 Å². The summed E-state index contributed by atoms with van der Waals surface area (Å²) in [6.45, 7) is 2.81. The fourth-order valence-corrected chi connectivity index (χ4v) is 2.75. The van der Waals surface area contributed by atoms with Crippen LogP contribution in [0.4, 0.5) is 10.1 Å². The molecular weight excluding hydrogens is 263 g/mol. The molecule has 0 bridgehead atoms. The van der Waals surface area contributed by atoms with Gasteiger partial charge in [-0.1, -0.05) is 24.3 Å².